The van der Waals surface area contributed by atoms with Crippen LogP contribution in [0.5, 0.6) is 0 Å². The lowest BCUT2D eigenvalue weighted by atomic mass is 10.1. The highest BCUT2D eigenvalue weighted by molar-refractivity contribution is 8.18. The Morgan fingerprint density at radius 1 is 0.571 bits per heavy atom. The minimum atomic E-state index is -0.0249. The van der Waals surface area contributed by atoms with Crippen LogP contribution in [0.4, 0.5) is 17.1 Å². The molecule has 2 aliphatic rings. The van der Waals surface area contributed by atoms with Gasteiger partial charge in [-0.2, -0.15) is 0 Å². The molecule has 0 saturated heterocycles. The molecule has 294 valence electrons. The molecule has 0 fully saturated rings. The molecule has 0 saturated carbocycles. The summed E-state index contributed by atoms with van der Waals surface area (Å²) in [5.41, 5.74) is 17.9. The van der Waals surface area contributed by atoms with Crippen LogP contribution in [0, 0.1) is 0 Å². The van der Waals surface area contributed by atoms with Crippen LogP contribution in [0.3, 0.4) is 0 Å². The lowest BCUT2D eigenvalue weighted by Crippen LogP contribution is -1.88. The number of nitrogens with two attached hydrogens (primary N) is 2. The largest absolute Gasteiger partial charge is 0.356 e. The van der Waals surface area contributed by atoms with Gasteiger partial charge in [0.05, 0.1) is 11.4 Å². The Bertz CT molecular complexity index is 1870. The standard InChI is InChI=1S/C17H16S.2C12H11N.C6H10.C2H6.2CH5N/c1-2-3-4-10-15-18(17-13-8-9-14-17)16-11-6-5-7-12-16;1-3-7-11(8-4-1)13-12-9-5-2-6-10-12;1-2-3-4-8-12-10-6-5-7-11(9-10)13-12;1-3-5-6-4-2;3*1-2/h2-13,15H,1H3;1-10,13H;2-9H,1H3;3-6H,1-2H3;1-2H3;2*2H2,1H3/b3-2-,10-4-;;3-2-,8-4-;5-3-,6-4-;;;. The maximum absolute atomic E-state index is 4.50. The molecule has 4 nitrogen and oxygen atoms in total. The van der Waals surface area contributed by atoms with Gasteiger partial charge in [0.2, 0.25) is 0 Å². The number of nitrogens with zero attached hydrogens (tertiary/aromatic N) is 1. The van der Waals surface area contributed by atoms with Crippen LogP contribution in [-0.4, -0.2) is 25.2 Å². The molecule has 1 unspecified atom stereocenters. The number of aliphatic imine (C=N–C) groups is 1. The summed E-state index contributed by atoms with van der Waals surface area (Å²) in [5, 5.41) is 5.54. The van der Waals surface area contributed by atoms with Gasteiger partial charge in [-0.05, 0) is 114 Å². The van der Waals surface area contributed by atoms with Crippen molar-refractivity contribution in [3.05, 3.63) is 223 Å². The van der Waals surface area contributed by atoms with Crippen molar-refractivity contribution in [3.63, 3.8) is 0 Å². The zero-order valence-electron chi connectivity index (χ0n) is 34.7. The monoisotopic (exact) mass is 764 g/mol. The second-order valence-electron chi connectivity index (χ2n) is 10.6. The number of hydrogen-bond donors (Lipinski definition) is 3. The summed E-state index contributed by atoms with van der Waals surface area (Å²) >= 11 is 0. The van der Waals surface area contributed by atoms with Crippen LogP contribution in [0.2, 0.25) is 0 Å². The van der Waals surface area contributed by atoms with Crippen molar-refractivity contribution in [2.75, 3.05) is 19.4 Å². The van der Waals surface area contributed by atoms with Crippen LogP contribution < -0.4 is 16.8 Å². The molecule has 0 aromatic heterocycles. The molecule has 0 spiro atoms. The minimum Gasteiger partial charge on any atom is -0.356 e. The molecule has 1 heterocycles. The molecule has 4 aromatic carbocycles. The molecule has 1 aliphatic carbocycles. The van der Waals surface area contributed by atoms with E-state index in [0.717, 1.165) is 22.8 Å². The van der Waals surface area contributed by atoms with Crippen molar-refractivity contribution >= 4 is 38.6 Å². The third-order valence-corrected chi connectivity index (χ3v) is 8.65. The average molecular weight is 765 g/mol. The summed E-state index contributed by atoms with van der Waals surface area (Å²) in [6.07, 6.45) is 30.4. The van der Waals surface area contributed by atoms with Gasteiger partial charge in [0.25, 0.3) is 0 Å². The third kappa shape index (κ3) is 22.4. The maximum Gasteiger partial charge on any atom is 0.0710 e. The molecule has 6 rings (SSSR count). The van der Waals surface area contributed by atoms with Gasteiger partial charge in [0, 0.05) is 26.7 Å². The Kier molecular flexibility index (Phi) is 32.4. The lowest BCUT2D eigenvalue weighted by Gasteiger charge is -2.07. The summed E-state index contributed by atoms with van der Waals surface area (Å²) in [5.74, 6) is 0. The van der Waals surface area contributed by atoms with Gasteiger partial charge in [-0.25, -0.2) is 4.99 Å². The van der Waals surface area contributed by atoms with Crippen LogP contribution in [0.15, 0.2) is 227 Å². The Balaban J connectivity index is 0.000000719. The Morgan fingerprint density at radius 3 is 1.55 bits per heavy atom. The number of nitrogens with one attached hydrogen (secondary N) is 1. The SMILES string of the molecule is C/C=C\C=C/C.C/C=C\C=C/C1=Nc2cccc1c2.CC.CN.CN.C\C=C/C=C\C=S(\C1=C=CC=C1)c1ccccc1.c1ccc(Nc2ccccc2)cc1. The topological polar surface area (TPSA) is 76.4 Å². The second-order valence-corrected chi connectivity index (χ2v) is 12.4. The van der Waals surface area contributed by atoms with Crippen molar-refractivity contribution < 1.29 is 0 Å². The molecule has 5 heteroatoms. The molecule has 5 N–H and O–H groups in total. The van der Waals surface area contributed by atoms with E-state index < -0.39 is 0 Å². The smallest absolute Gasteiger partial charge is 0.0710 e. The highest BCUT2D eigenvalue weighted by Gasteiger charge is 2.07. The van der Waals surface area contributed by atoms with Crippen molar-refractivity contribution in [1.29, 1.82) is 0 Å². The summed E-state index contributed by atoms with van der Waals surface area (Å²) in [4.78, 5) is 6.99. The predicted molar refractivity (Wildman–Crippen MR) is 257 cm³/mol. The van der Waals surface area contributed by atoms with Crippen molar-refractivity contribution in [2.45, 2.75) is 46.4 Å². The van der Waals surface area contributed by atoms with E-state index in [-0.39, 0.29) is 10.5 Å². The molecule has 56 heavy (non-hydrogen) atoms. The van der Waals surface area contributed by atoms with Gasteiger partial charge < -0.3 is 16.8 Å². The molecule has 4 aromatic rings. The van der Waals surface area contributed by atoms with E-state index in [1.54, 1.807) is 0 Å². The Morgan fingerprint density at radius 2 is 1.07 bits per heavy atom. The quantitative estimate of drug-likeness (QED) is 0.0687. The third-order valence-electron chi connectivity index (χ3n) is 6.71. The van der Waals surface area contributed by atoms with E-state index in [1.807, 2.05) is 187 Å². The van der Waals surface area contributed by atoms with Crippen LogP contribution in [-0.2, 0) is 0 Å². The number of hydrogen-bond acceptors (Lipinski definition) is 4. The van der Waals surface area contributed by atoms with Gasteiger partial charge in [-0.1, -0.05) is 153 Å². The number of allylic oxidation sites excluding steroid dienone is 14. The maximum atomic E-state index is 4.50. The van der Waals surface area contributed by atoms with Crippen LogP contribution in [0.1, 0.15) is 47.1 Å². The van der Waals surface area contributed by atoms with E-state index in [0.29, 0.717) is 0 Å². The number of anilines is 2. The molecular weight excluding hydrogens is 701 g/mol. The molecule has 1 aliphatic heterocycles. The Hall–Kier alpha value is -5.81. The highest BCUT2D eigenvalue weighted by Crippen LogP contribution is 2.35. The predicted octanol–water partition coefficient (Wildman–Crippen LogP) is 13.9. The fourth-order valence-corrected chi connectivity index (χ4v) is 6.03. The van der Waals surface area contributed by atoms with Crippen molar-refractivity contribution in [2.24, 2.45) is 16.5 Å². The summed E-state index contributed by atoms with van der Waals surface area (Å²) in [6.45, 7) is 12.0. The van der Waals surface area contributed by atoms with E-state index in [9.17, 15) is 0 Å². The van der Waals surface area contributed by atoms with Crippen molar-refractivity contribution in [1.82, 2.24) is 0 Å². The fourth-order valence-electron chi connectivity index (χ4n) is 4.36. The number of benzene rings is 4. The fraction of sp³-hybridized carbons (Fsp3) is 0.157. The van der Waals surface area contributed by atoms with Gasteiger partial charge in [0.15, 0.2) is 0 Å². The first kappa shape index (κ1) is 50.2. The number of para-hydroxylation sites is 2. The number of fused-ring (bicyclic) bond motifs is 2. The molecule has 1 atom stereocenters. The van der Waals surface area contributed by atoms with Gasteiger partial charge >= 0.3 is 0 Å². The minimum absolute atomic E-state index is 0.0249. The van der Waals surface area contributed by atoms with Crippen LogP contribution in [0.25, 0.3) is 0 Å². The number of rotatable bonds is 9. The first-order valence-electron chi connectivity index (χ1n) is 19.0. The summed E-state index contributed by atoms with van der Waals surface area (Å²) in [7, 11) is 2.98. The van der Waals surface area contributed by atoms with Gasteiger partial charge in [-0.3, -0.25) is 0 Å². The van der Waals surface area contributed by atoms with E-state index >= 15 is 0 Å². The van der Waals surface area contributed by atoms with Gasteiger partial charge in [-0.15, -0.1) is 16.2 Å². The average Bonchev–Trinajstić information content (AvgIpc) is 3.91. The lowest BCUT2D eigenvalue weighted by molar-refractivity contribution is 1.47. The van der Waals surface area contributed by atoms with Crippen LogP contribution >= 0.6 is 10.5 Å². The highest BCUT2D eigenvalue weighted by atomic mass is 32.2. The summed E-state index contributed by atoms with van der Waals surface area (Å²) in [6, 6.07) is 39.1. The van der Waals surface area contributed by atoms with Crippen molar-refractivity contribution in [3.8, 4) is 0 Å². The Labute approximate surface area is 342 Å². The zero-order chi connectivity index (χ0) is 41.5. The molecule has 0 radical (unpaired) electrons. The first-order chi connectivity index (χ1) is 27.7. The van der Waals surface area contributed by atoms with E-state index in [2.05, 4.69) is 93.6 Å². The molecular formula is C51H64N4S. The molecule has 2 bridgehead atoms. The second kappa shape index (κ2) is 36.2. The normalized spacial score (nSPS) is 12.2. The van der Waals surface area contributed by atoms with Gasteiger partial charge in [0.1, 0.15) is 0 Å². The first-order valence-corrected chi connectivity index (χ1v) is 20.3. The molecule has 0 amide bonds. The van der Waals surface area contributed by atoms with E-state index in [1.165, 1.54) is 29.5 Å². The summed E-state index contributed by atoms with van der Waals surface area (Å²) < 4.78 is 0. The van der Waals surface area contributed by atoms with E-state index in [4.69, 9.17) is 0 Å². The zero-order valence-corrected chi connectivity index (χ0v) is 35.5.